The van der Waals surface area contributed by atoms with Crippen molar-refractivity contribution in [3.05, 3.63) is 89.0 Å². The Kier molecular flexibility index (Phi) is 9.08. The summed E-state index contributed by atoms with van der Waals surface area (Å²) in [6.45, 7) is 2.36. The first-order valence-electron chi connectivity index (χ1n) is 13.0. The molecule has 1 fully saturated rings. The lowest BCUT2D eigenvalue weighted by atomic mass is 10.0. The van der Waals surface area contributed by atoms with Gasteiger partial charge in [0, 0.05) is 12.2 Å². The van der Waals surface area contributed by atoms with E-state index in [1.807, 2.05) is 19.1 Å². The van der Waals surface area contributed by atoms with Crippen molar-refractivity contribution in [2.75, 3.05) is 25.6 Å². The minimum atomic E-state index is -1.39. The second-order valence-electron chi connectivity index (χ2n) is 9.58. The molecule has 2 atom stereocenters. The van der Waals surface area contributed by atoms with Crippen LogP contribution in [-0.4, -0.2) is 65.3 Å². The summed E-state index contributed by atoms with van der Waals surface area (Å²) in [4.78, 5) is 51.5. The molecule has 3 aromatic rings. The largest absolute Gasteiger partial charge is 0.497 e. The van der Waals surface area contributed by atoms with Crippen LogP contribution in [0.15, 0.2) is 66.7 Å². The van der Waals surface area contributed by atoms with Gasteiger partial charge >= 0.3 is 18.0 Å². The van der Waals surface area contributed by atoms with Crippen LogP contribution in [0.5, 0.6) is 11.5 Å². The number of carboxylic acid groups (broad SMARTS) is 2. The number of ether oxygens (including phenoxy) is 2. The highest BCUT2D eigenvalue weighted by atomic mass is 16.5. The number of carbonyl (C=O) groups excluding carboxylic acids is 2. The molecule has 11 heteroatoms. The molecule has 214 valence electrons. The summed E-state index contributed by atoms with van der Waals surface area (Å²) in [7, 11) is 1.51. The molecule has 0 saturated carbocycles. The molecule has 41 heavy (non-hydrogen) atoms. The minimum absolute atomic E-state index is 0.0530. The van der Waals surface area contributed by atoms with Crippen molar-refractivity contribution < 1.29 is 38.9 Å². The maximum Gasteiger partial charge on any atom is 0.336 e. The fraction of sp³-hybridized carbons (Fsp3) is 0.267. The number of rotatable bonds is 10. The summed E-state index contributed by atoms with van der Waals surface area (Å²) < 4.78 is 11.2. The summed E-state index contributed by atoms with van der Waals surface area (Å²) in [5, 5.41) is 24.3. The van der Waals surface area contributed by atoms with Gasteiger partial charge in [0.25, 0.3) is 0 Å². The number of urea groups is 1. The minimum Gasteiger partial charge on any atom is -0.497 e. The molecule has 1 saturated heterocycles. The van der Waals surface area contributed by atoms with Crippen molar-refractivity contribution in [3.63, 3.8) is 0 Å². The second-order valence-corrected chi connectivity index (χ2v) is 9.58. The van der Waals surface area contributed by atoms with Crippen LogP contribution in [0.2, 0.25) is 0 Å². The summed E-state index contributed by atoms with van der Waals surface area (Å²) in [5.41, 5.74) is 1.28. The Labute approximate surface area is 236 Å². The molecule has 1 aliphatic rings. The lowest BCUT2D eigenvalue weighted by Crippen LogP contribution is -2.47. The number of amides is 3. The van der Waals surface area contributed by atoms with Crippen LogP contribution in [-0.2, 0) is 4.79 Å². The average molecular weight is 562 g/mol. The lowest BCUT2D eigenvalue weighted by Gasteiger charge is -2.30. The maximum absolute atomic E-state index is 13.9. The number of aryl methyl sites for hydroxylation is 1. The number of likely N-dealkylation sites (tertiary alicyclic amines) is 1. The van der Waals surface area contributed by atoms with Crippen molar-refractivity contribution in [1.82, 2.24) is 10.2 Å². The average Bonchev–Trinajstić information content (AvgIpc) is 3.44. The van der Waals surface area contributed by atoms with Crippen molar-refractivity contribution in [1.29, 1.82) is 0 Å². The molecule has 1 heterocycles. The third-order valence-electron chi connectivity index (χ3n) is 6.90. The molecule has 3 amide bonds. The van der Waals surface area contributed by atoms with E-state index in [0.29, 0.717) is 36.4 Å². The van der Waals surface area contributed by atoms with Crippen molar-refractivity contribution >= 4 is 29.6 Å². The smallest absolute Gasteiger partial charge is 0.336 e. The molecule has 0 aliphatic carbocycles. The number of aromatic carboxylic acids is 2. The molecule has 11 nitrogen and oxygen atoms in total. The third-order valence-corrected chi connectivity index (χ3v) is 6.90. The van der Waals surface area contributed by atoms with Gasteiger partial charge in [-0.25, -0.2) is 14.4 Å². The molecule has 1 unspecified atom stereocenters. The SMILES string of the molecule is COc1cccc(C(NC(=O)Nc2ccccc2C)C(=O)N2CCC[C@H]2COc2ccc(C(=O)O)c(C(=O)O)c2)c1. The first-order chi connectivity index (χ1) is 19.7. The predicted octanol–water partition coefficient (Wildman–Crippen LogP) is 4.33. The molecule has 0 spiro atoms. The third kappa shape index (κ3) is 6.93. The van der Waals surface area contributed by atoms with Gasteiger partial charge in [-0.3, -0.25) is 4.79 Å². The fourth-order valence-corrected chi connectivity index (χ4v) is 4.75. The van der Waals surface area contributed by atoms with E-state index in [1.165, 1.54) is 19.2 Å². The van der Waals surface area contributed by atoms with E-state index in [1.54, 1.807) is 41.3 Å². The number of anilines is 1. The van der Waals surface area contributed by atoms with E-state index < -0.39 is 29.6 Å². The first kappa shape index (κ1) is 28.9. The zero-order valence-electron chi connectivity index (χ0n) is 22.6. The van der Waals surface area contributed by atoms with Crippen molar-refractivity contribution in [2.24, 2.45) is 0 Å². The molecule has 4 N–H and O–H groups in total. The number of nitrogens with one attached hydrogen (secondary N) is 2. The van der Waals surface area contributed by atoms with Crippen LogP contribution in [0.25, 0.3) is 0 Å². The van der Waals surface area contributed by atoms with Gasteiger partial charge in [0.1, 0.15) is 24.1 Å². The highest BCUT2D eigenvalue weighted by molar-refractivity contribution is 6.02. The molecular formula is C30H31N3O8. The van der Waals surface area contributed by atoms with Crippen LogP contribution >= 0.6 is 0 Å². The molecule has 4 rings (SSSR count). The number of methoxy groups -OCH3 is 1. The number of hydrogen-bond donors (Lipinski definition) is 4. The van der Waals surface area contributed by atoms with Gasteiger partial charge in [0.15, 0.2) is 0 Å². The first-order valence-corrected chi connectivity index (χ1v) is 13.0. The van der Waals surface area contributed by atoms with Gasteiger partial charge in [0.2, 0.25) is 5.91 Å². The predicted molar refractivity (Wildman–Crippen MR) is 150 cm³/mol. The number of nitrogens with zero attached hydrogens (tertiary/aromatic N) is 1. The number of benzene rings is 3. The Morgan fingerprint density at radius 1 is 0.951 bits per heavy atom. The zero-order chi connectivity index (χ0) is 29.5. The molecule has 0 radical (unpaired) electrons. The fourth-order valence-electron chi connectivity index (χ4n) is 4.75. The lowest BCUT2D eigenvalue weighted by molar-refractivity contribution is -0.134. The highest BCUT2D eigenvalue weighted by Crippen LogP contribution is 2.27. The van der Waals surface area contributed by atoms with E-state index >= 15 is 0 Å². The van der Waals surface area contributed by atoms with Gasteiger partial charge in [-0.1, -0.05) is 30.3 Å². The van der Waals surface area contributed by atoms with E-state index in [2.05, 4.69) is 10.6 Å². The van der Waals surface area contributed by atoms with E-state index in [4.69, 9.17) is 9.47 Å². The Morgan fingerprint density at radius 2 is 1.71 bits per heavy atom. The van der Waals surface area contributed by atoms with Crippen LogP contribution in [0.3, 0.4) is 0 Å². The van der Waals surface area contributed by atoms with Gasteiger partial charge in [0.05, 0.1) is 24.3 Å². The highest BCUT2D eigenvalue weighted by Gasteiger charge is 2.35. The molecule has 1 aliphatic heterocycles. The Morgan fingerprint density at radius 3 is 2.41 bits per heavy atom. The maximum atomic E-state index is 13.9. The molecule has 3 aromatic carbocycles. The van der Waals surface area contributed by atoms with Gasteiger partial charge < -0.3 is 35.2 Å². The normalized spacial score (nSPS) is 15.1. The number of carboxylic acids is 2. The quantitative estimate of drug-likeness (QED) is 0.285. The summed E-state index contributed by atoms with van der Waals surface area (Å²) in [5.74, 6) is -2.38. The van der Waals surface area contributed by atoms with Gasteiger partial charge in [-0.2, -0.15) is 0 Å². The zero-order valence-corrected chi connectivity index (χ0v) is 22.6. The molecule has 0 bridgehead atoms. The molecular weight excluding hydrogens is 530 g/mol. The summed E-state index contributed by atoms with van der Waals surface area (Å²) in [6, 6.07) is 16.0. The van der Waals surface area contributed by atoms with Crippen LogP contribution in [0.1, 0.15) is 50.7 Å². The van der Waals surface area contributed by atoms with Crippen LogP contribution in [0, 0.1) is 6.92 Å². The molecule has 0 aromatic heterocycles. The topological polar surface area (TPSA) is 154 Å². The standard InChI is InChI=1S/C30H31N3O8/c1-18-7-3-4-11-25(18)31-30(39)32-26(19-8-5-10-21(15-19)40-2)27(34)33-14-6-9-20(33)17-41-22-12-13-23(28(35)36)24(16-22)29(37)38/h3-5,7-8,10-13,15-16,20,26H,6,9,14,17H2,1-2H3,(H,35,36)(H,37,38)(H2,31,32,39)/t20-,26?/m0/s1. The van der Waals surface area contributed by atoms with Crippen LogP contribution < -0.4 is 20.1 Å². The summed E-state index contributed by atoms with van der Waals surface area (Å²) >= 11 is 0. The number of para-hydroxylation sites is 1. The summed E-state index contributed by atoms with van der Waals surface area (Å²) in [6.07, 6.45) is 1.34. The van der Waals surface area contributed by atoms with Gasteiger partial charge in [-0.15, -0.1) is 0 Å². The Bertz CT molecular complexity index is 1460. The second kappa shape index (κ2) is 12.9. The van der Waals surface area contributed by atoms with E-state index in [9.17, 15) is 29.4 Å². The Balaban J connectivity index is 1.53. The number of carbonyl (C=O) groups is 4. The van der Waals surface area contributed by atoms with Crippen LogP contribution in [0.4, 0.5) is 10.5 Å². The Hall–Kier alpha value is -5.06. The van der Waals surface area contributed by atoms with E-state index in [0.717, 1.165) is 11.6 Å². The van der Waals surface area contributed by atoms with Gasteiger partial charge in [-0.05, 0) is 67.3 Å². The van der Waals surface area contributed by atoms with E-state index in [-0.39, 0.29) is 29.9 Å². The monoisotopic (exact) mass is 561 g/mol. The van der Waals surface area contributed by atoms with Crippen molar-refractivity contribution in [2.45, 2.75) is 31.8 Å². The number of hydrogen-bond acceptors (Lipinski definition) is 6. The van der Waals surface area contributed by atoms with Crippen molar-refractivity contribution in [3.8, 4) is 11.5 Å².